The summed E-state index contributed by atoms with van der Waals surface area (Å²) in [7, 11) is 0. The van der Waals surface area contributed by atoms with Crippen LogP contribution in [0.5, 0.6) is 0 Å². The van der Waals surface area contributed by atoms with Gasteiger partial charge in [0, 0.05) is 6.54 Å². The van der Waals surface area contributed by atoms with Gasteiger partial charge in [0.1, 0.15) is 11.4 Å². The van der Waals surface area contributed by atoms with Crippen LogP contribution in [-0.2, 0) is 0 Å². The number of carboxylic acids is 1. The van der Waals surface area contributed by atoms with Crippen molar-refractivity contribution in [2.45, 2.75) is 12.6 Å². The summed E-state index contributed by atoms with van der Waals surface area (Å²) < 4.78 is 35.5. The largest absolute Gasteiger partial charge is 0.477 e. The maximum atomic E-state index is 11.8. The molecule has 1 amide bonds. The first-order valence-corrected chi connectivity index (χ1v) is 4.85. The number of hydrogen-bond acceptors (Lipinski definition) is 3. The van der Waals surface area contributed by atoms with Crippen LogP contribution in [0, 0.1) is 0 Å². The van der Waals surface area contributed by atoms with Crippen LogP contribution >= 0.6 is 0 Å². The van der Waals surface area contributed by atoms with Crippen LogP contribution in [0.1, 0.15) is 27.4 Å². The molecule has 0 radical (unpaired) electrons. The number of carbonyl (C=O) groups excluding carboxylic acids is 1. The highest BCUT2D eigenvalue weighted by Gasteiger charge is 2.26. The smallest absolute Gasteiger partial charge is 0.390 e. The van der Waals surface area contributed by atoms with E-state index in [0.29, 0.717) is 0 Å². The zero-order valence-corrected chi connectivity index (χ0v) is 8.99. The number of aromatic nitrogens is 1. The Balaban J connectivity index is 2.62. The summed E-state index contributed by atoms with van der Waals surface area (Å²) in [6.45, 7) is -0.582. The van der Waals surface area contributed by atoms with Gasteiger partial charge in [-0.05, 0) is 12.1 Å². The van der Waals surface area contributed by atoms with Gasteiger partial charge in [-0.1, -0.05) is 6.07 Å². The standard InChI is InChI=1S/C10H9F3N2O3/c11-10(12,13)4-5-14-8(16)6-2-1-3-7(15-6)9(17)18/h1-3H,4-5H2,(H,14,16)(H,17,18). The highest BCUT2D eigenvalue weighted by molar-refractivity contribution is 5.94. The van der Waals surface area contributed by atoms with Crippen LogP contribution < -0.4 is 5.32 Å². The highest BCUT2D eigenvalue weighted by atomic mass is 19.4. The SMILES string of the molecule is O=C(O)c1cccc(C(=O)NCCC(F)(F)F)n1. The predicted octanol–water partition coefficient (Wildman–Crippen LogP) is 1.46. The molecule has 1 aromatic heterocycles. The lowest BCUT2D eigenvalue weighted by Gasteiger charge is -2.07. The molecule has 0 atom stereocenters. The Labute approximate surface area is 99.6 Å². The van der Waals surface area contributed by atoms with Crippen LogP contribution in [0.25, 0.3) is 0 Å². The number of hydrogen-bond donors (Lipinski definition) is 2. The molecule has 0 aliphatic heterocycles. The molecule has 0 spiro atoms. The van der Waals surface area contributed by atoms with Gasteiger partial charge in [0.15, 0.2) is 0 Å². The Morgan fingerprint density at radius 3 is 2.44 bits per heavy atom. The van der Waals surface area contributed by atoms with Gasteiger partial charge in [-0.15, -0.1) is 0 Å². The van der Waals surface area contributed by atoms with E-state index >= 15 is 0 Å². The number of carbonyl (C=O) groups is 2. The average molecular weight is 262 g/mol. The number of carboxylic acid groups (broad SMARTS) is 1. The van der Waals surface area contributed by atoms with E-state index in [4.69, 9.17) is 5.11 Å². The summed E-state index contributed by atoms with van der Waals surface area (Å²) in [6, 6.07) is 3.68. The molecule has 1 heterocycles. The molecule has 0 fully saturated rings. The normalized spacial score (nSPS) is 11.1. The highest BCUT2D eigenvalue weighted by Crippen LogP contribution is 2.18. The van der Waals surface area contributed by atoms with Crippen LogP contribution in [0.15, 0.2) is 18.2 Å². The molecule has 0 saturated heterocycles. The molecular weight excluding hydrogens is 253 g/mol. The Bertz CT molecular complexity index is 460. The summed E-state index contributed by atoms with van der Waals surface area (Å²) in [6.07, 6.45) is -5.51. The number of pyridine rings is 1. The molecule has 0 bridgehead atoms. The van der Waals surface area contributed by atoms with Crippen molar-refractivity contribution >= 4 is 11.9 Å². The third-order valence-electron chi connectivity index (χ3n) is 1.89. The summed E-state index contributed by atoms with van der Waals surface area (Å²) in [4.78, 5) is 25.4. The maximum absolute atomic E-state index is 11.8. The number of aromatic carboxylic acids is 1. The first-order valence-electron chi connectivity index (χ1n) is 4.85. The van der Waals surface area contributed by atoms with Crippen LogP contribution in [0.2, 0.25) is 0 Å². The lowest BCUT2D eigenvalue weighted by Crippen LogP contribution is -2.28. The van der Waals surface area contributed by atoms with Gasteiger partial charge in [0.05, 0.1) is 6.42 Å². The molecule has 0 aliphatic carbocycles. The molecule has 18 heavy (non-hydrogen) atoms. The van der Waals surface area contributed by atoms with Crippen LogP contribution in [0.3, 0.4) is 0 Å². The fourth-order valence-electron chi connectivity index (χ4n) is 1.09. The average Bonchev–Trinajstić information content (AvgIpc) is 2.27. The first kappa shape index (κ1) is 13.9. The van der Waals surface area contributed by atoms with Crippen molar-refractivity contribution in [3.05, 3.63) is 29.6 Å². The Kier molecular flexibility index (Phi) is 4.24. The lowest BCUT2D eigenvalue weighted by atomic mass is 10.3. The Morgan fingerprint density at radius 1 is 1.28 bits per heavy atom. The molecule has 98 valence electrons. The third-order valence-corrected chi connectivity index (χ3v) is 1.89. The molecule has 0 saturated carbocycles. The number of amides is 1. The van der Waals surface area contributed by atoms with Crippen molar-refractivity contribution < 1.29 is 27.9 Å². The second-order valence-electron chi connectivity index (χ2n) is 3.33. The molecule has 2 N–H and O–H groups in total. The predicted molar refractivity (Wildman–Crippen MR) is 54.2 cm³/mol. The number of nitrogens with zero attached hydrogens (tertiary/aromatic N) is 1. The first-order chi connectivity index (χ1) is 8.29. The zero-order chi connectivity index (χ0) is 13.8. The van der Waals surface area contributed by atoms with Gasteiger partial charge in [0.25, 0.3) is 5.91 Å². The van der Waals surface area contributed by atoms with Crippen molar-refractivity contribution in [1.29, 1.82) is 0 Å². The monoisotopic (exact) mass is 262 g/mol. The Hall–Kier alpha value is -2.12. The van der Waals surface area contributed by atoms with E-state index < -0.39 is 31.0 Å². The summed E-state index contributed by atoms with van der Waals surface area (Å²) in [5, 5.41) is 10.6. The number of rotatable bonds is 4. The van der Waals surface area contributed by atoms with E-state index in [1.54, 1.807) is 0 Å². The fourth-order valence-corrected chi connectivity index (χ4v) is 1.09. The summed E-state index contributed by atoms with van der Waals surface area (Å²) in [5.41, 5.74) is -0.587. The van der Waals surface area contributed by atoms with Crippen LogP contribution in [0.4, 0.5) is 13.2 Å². The molecular formula is C10H9F3N2O3. The molecule has 8 heteroatoms. The topological polar surface area (TPSA) is 79.3 Å². The van der Waals surface area contributed by atoms with Gasteiger partial charge in [-0.2, -0.15) is 13.2 Å². The van der Waals surface area contributed by atoms with Gasteiger partial charge < -0.3 is 10.4 Å². The number of halogens is 3. The van der Waals surface area contributed by atoms with Gasteiger partial charge in [0.2, 0.25) is 0 Å². The fraction of sp³-hybridized carbons (Fsp3) is 0.300. The van der Waals surface area contributed by atoms with Crippen molar-refractivity contribution in [2.75, 3.05) is 6.54 Å². The molecule has 1 rings (SSSR count). The number of nitrogens with one attached hydrogen (secondary N) is 1. The second kappa shape index (κ2) is 5.48. The molecule has 0 aromatic carbocycles. The van der Waals surface area contributed by atoms with Crippen molar-refractivity contribution in [1.82, 2.24) is 10.3 Å². The summed E-state index contributed by atoms with van der Waals surface area (Å²) >= 11 is 0. The van der Waals surface area contributed by atoms with E-state index in [-0.39, 0.29) is 11.4 Å². The zero-order valence-electron chi connectivity index (χ0n) is 8.99. The molecule has 1 aromatic rings. The van der Waals surface area contributed by atoms with Crippen molar-refractivity contribution in [3.8, 4) is 0 Å². The van der Waals surface area contributed by atoms with E-state index in [1.165, 1.54) is 18.2 Å². The van der Waals surface area contributed by atoms with E-state index in [2.05, 4.69) is 4.98 Å². The van der Waals surface area contributed by atoms with E-state index in [0.717, 1.165) is 0 Å². The maximum Gasteiger partial charge on any atom is 0.390 e. The molecule has 5 nitrogen and oxygen atoms in total. The Morgan fingerprint density at radius 2 is 1.89 bits per heavy atom. The third kappa shape index (κ3) is 4.40. The van der Waals surface area contributed by atoms with Crippen molar-refractivity contribution in [3.63, 3.8) is 0 Å². The molecule has 0 unspecified atom stereocenters. The van der Waals surface area contributed by atoms with Gasteiger partial charge >= 0.3 is 12.1 Å². The second-order valence-corrected chi connectivity index (χ2v) is 3.33. The minimum absolute atomic E-state index is 0.239. The van der Waals surface area contributed by atoms with E-state index in [1.807, 2.05) is 5.32 Å². The van der Waals surface area contributed by atoms with E-state index in [9.17, 15) is 22.8 Å². The summed E-state index contributed by atoms with van der Waals surface area (Å²) in [5.74, 6) is -2.16. The minimum atomic E-state index is -4.36. The number of alkyl halides is 3. The van der Waals surface area contributed by atoms with Crippen molar-refractivity contribution in [2.24, 2.45) is 0 Å². The quantitative estimate of drug-likeness (QED) is 0.861. The van der Waals surface area contributed by atoms with Gasteiger partial charge in [-0.3, -0.25) is 4.79 Å². The van der Waals surface area contributed by atoms with Crippen LogP contribution in [-0.4, -0.2) is 34.7 Å². The minimum Gasteiger partial charge on any atom is -0.477 e. The molecule has 0 aliphatic rings. The lowest BCUT2D eigenvalue weighted by molar-refractivity contribution is -0.133. The van der Waals surface area contributed by atoms with Gasteiger partial charge in [-0.25, -0.2) is 9.78 Å².